The SMILES string of the molecule is NC(=O)CCN(CCc1ccc(F)cc1)CCN(CCc1ccc(O)c2[nH]c(=O)sc12)C1CCCCCC1. The molecule has 4 N–H and O–H groups in total. The van der Waals surface area contributed by atoms with E-state index < -0.39 is 0 Å². The Balaban J connectivity index is 1.44. The molecule has 1 amide bonds. The molecule has 1 aliphatic carbocycles. The van der Waals surface area contributed by atoms with Crippen molar-refractivity contribution in [1.29, 1.82) is 0 Å². The summed E-state index contributed by atoms with van der Waals surface area (Å²) in [6.07, 6.45) is 9.27. The third kappa shape index (κ3) is 8.12. The number of carbonyl (C=O) groups is 1. The zero-order chi connectivity index (χ0) is 26.9. The number of aromatic amines is 1. The van der Waals surface area contributed by atoms with Crippen LogP contribution in [0.15, 0.2) is 41.2 Å². The topological polar surface area (TPSA) is 103 Å². The second kappa shape index (κ2) is 13.9. The van der Waals surface area contributed by atoms with Crippen molar-refractivity contribution in [3.8, 4) is 5.75 Å². The molecule has 0 aliphatic heterocycles. The summed E-state index contributed by atoms with van der Waals surface area (Å²) in [5.74, 6) is -0.440. The normalized spacial score (nSPS) is 14.9. The average molecular weight is 543 g/mol. The first-order valence-corrected chi connectivity index (χ1v) is 14.5. The van der Waals surface area contributed by atoms with Gasteiger partial charge in [-0.1, -0.05) is 55.2 Å². The number of primary amides is 1. The number of aromatic nitrogens is 1. The van der Waals surface area contributed by atoms with Gasteiger partial charge in [-0.2, -0.15) is 0 Å². The van der Waals surface area contributed by atoms with E-state index in [1.807, 2.05) is 18.2 Å². The number of aromatic hydroxyl groups is 1. The fourth-order valence-corrected chi connectivity index (χ4v) is 6.34. The van der Waals surface area contributed by atoms with Gasteiger partial charge in [-0.25, -0.2) is 4.39 Å². The van der Waals surface area contributed by atoms with E-state index in [0.29, 0.717) is 24.5 Å². The maximum atomic E-state index is 13.3. The van der Waals surface area contributed by atoms with Crippen molar-refractivity contribution in [2.24, 2.45) is 5.73 Å². The van der Waals surface area contributed by atoms with Crippen molar-refractivity contribution in [2.75, 3.05) is 32.7 Å². The number of carbonyl (C=O) groups excluding carboxylic acids is 1. The number of thiazole rings is 1. The number of nitrogens with two attached hydrogens (primary N) is 1. The molecule has 4 rings (SSSR count). The van der Waals surface area contributed by atoms with Gasteiger partial charge >= 0.3 is 4.87 Å². The second-order valence-corrected chi connectivity index (χ2v) is 11.3. The molecular weight excluding hydrogens is 503 g/mol. The summed E-state index contributed by atoms with van der Waals surface area (Å²) in [5, 5.41) is 10.2. The molecule has 0 bridgehead atoms. The van der Waals surface area contributed by atoms with Gasteiger partial charge in [0.15, 0.2) is 0 Å². The average Bonchev–Trinajstić information content (AvgIpc) is 3.11. The summed E-state index contributed by atoms with van der Waals surface area (Å²) in [6, 6.07) is 10.7. The number of rotatable bonds is 13. The van der Waals surface area contributed by atoms with Gasteiger partial charge in [0.25, 0.3) is 0 Å². The lowest BCUT2D eigenvalue weighted by atomic mass is 10.0. The highest BCUT2D eigenvalue weighted by Crippen LogP contribution is 2.29. The molecule has 1 heterocycles. The predicted octanol–water partition coefficient (Wildman–Crippen LogP) is 4.42. The fraction of sp³-hybridized carbons (Fsp3) is 0.517. The fourth-order valence-electron chi connectivity index (χ4n) is 5.45. The molecule has 38 heavy (non-hydrogen) atoms. The first-order chi connectivity index (χ1) is 18.4. The highest BCUT2D eigenvalue weighted by Gasteiger charge is 2.22. The molecule has 3 aromatic rings. The van der Waals surface area contributed by atoms with Crippen molar-refractivity contribution in [3.05, 3.63) is 63.0 Å². The summed E-state index contributed by atoms with van der Waals surface area (Å²) < 4.78 is 14.1. The Kier molecular flexibility index (Phi) is 10.3. The van der Waals surface area contributed by atoms with Crippen molar-refractivity contribution >= 4 is 27.5 Å². The number of phenolic OH excluding ortho intramolecular Hbond substituents is 1. The maximum absolute atomic E-state index is 13.3. The highest BCUT2D eigenvalue weighted by molar-refractivity contribution is 7.16. The number of nitrogens with one attached hydrogen (secondary N) is 1. The Bertz CT molecular complexity index is 1230. The van der Waals surface area contributed by atoms with Crippen LogP contribution in [0.25, 0.3) is 10.2 Å². The molecule has 0 radical (unpaired) electrons. The first-order valence-electron chi connectivity index (χ1n) is 13.7. The maximum Gasteiger partial charge on any atom is 0.305 e. The van der Waals surface area contributed by atoms with Gasteiger partial charge < -0.3 is 20.7 Å². The van der Waals surface area contributed by atoms with Gasteiger partial charge in [0, 0.05) is 45.2 Å². The van der Waals surface area contributed by atoms with Gasteiger partial charge in [-0.3, -0.25) is 14.5 Å². The number of nitrogens with zero attached hydrogens (tertiary/aromatic N) is 2. The second-order valence-electron chi connectivity index (χ2n) is 10.3. The van der Waals surface area contributed by atoms with Gasteiger partial charge in [-0.15, -0.1) is 0 Å². The lowest BCUT2D eigenvalue weighted by Crippen LogP contribution is -2.43. The number of halogens is 1. The van der Waals surface area contributed by atoms with Crippen molar-refractivity contribution in [3.63, 3.8) is 0 Å². The summed E-state index contributed by atoms with van der Waals surface area (Å²) in [4.78, 5) is 31.0. The molecule has 0 spiro atoms. The largest absolute Gasteiger partial charge is 0.506 e. The van der Waals surface area contributed by atoms with Crippen LogP contribution in [0.1, 0.15) is 56.1 Å². The van der Waals surface area contributed by atoms with Crippen LogP contribution in [-0.2, 0) is 17.6 Å². The van der Waals surface area contributed by atoms with Crippen LogP contribution < -0.4 is 10.6 Å². The number of hydrogen-bond donors (Lipinski definition) is 3. The molecule has 2 aromatic carbocycles. The van der Waals surface area contributed by atoms with E-state index in [9.17, 15) is 19.1 Å². The molecule has 9 heteroatoms. The van der Waals surface area contributed by atoms with Crippen LogP contribution in [0.2, 0.25) is 0 Å². The monoisotopic (exact) mass is 542 g/mol. The van der Waals surface area contributed by atoms with Crippen molar-refractivity contribution < 1.29 is 14.3 Å². The minimum Gasteiger partial charge on any atom is -0.506 e. The number of phenols is 1. The Labute approximate surface area is 227 Å². The summed E-state index contributed by atoms with van der Waals surface area (Å²) in [7, 11) is 0. The molecule has 1 saturated carbocycles. The number of benzene rings is 2. The zero-order valence-electron chi connectivity index (χ0n) is 22.0. The number of hydrogen-bond acceptors (Lipinski definition) is 6. The van der Waals surface area contributed by atoms with Gasteiger partial charge in [0.1, 0.15) is 17.1 Å². The lowest BCUT2D eigenvalue weighted by molar-refractivity contribution is -0.118. The molecule has 1 fully saturated rings. The van der Waals surface area contributed by atoms with E-state index >= 15 is 0 Å². The van der Waals surface area contributed by atoms with Crippen molar-refractivity contribution in [2.45, 2.75) is 63.8 Å². The van der Waals surface area contributed by atoms with Crippen LogP contribution in [0.4, 0.5) is 4.39 Å². The Morgan fingerprint density at radius 2 is 1.71 bits per heavy atom. The van der Waals surface area contributed by atoms with Crippen LogP contribution in [-0.4, -0.2) is 64.6 Å². The molecule has 1 aromatic heterocycles. The highest BCUT2D eigenvalue weighted by atomic mass is 32.1. The standard InChI is InChI=1S/C29H39FN4O3S/c30-23-10-7-21(8-11-23)13-16-33(17-15-26(31)36)19-20-34(24-5-3-1-2-4-6-24)18-14-22-9-12-25(35)27-28(22)38-29(37)32-27/h7-12,24,35H,1-6,13-20H2,(H2,31,36)(H,32,37). The smallest absolute Gasteiger partial charge is 0.305 e. The van der Waals surface area contributed by atoms with Crippen LogP contribution in [0, 0.1) is 5.82 Å². The Hall–Kier alpha value is -2.75. The first kappa shape index (κ1) is 28.3. The molecule has 0 saturated heterocycles. The molecule has 1 aliphatic rings. The summed E-state index contributed by atoms with van der Waals surface area (Å²) >= 11 is 1.15. The minimum atomic E-state index is -0.306. The summed E-state index contributed by atoms with van der Waals surface area (Å²) in [5.41, 5.74) is 8.13. The minimum absolute atomic E-state index is 0.106. The predicted molar refractivity (Wildman–Crippen MR) is 151 cm³/mol. The lowest BCUT2D eigenvalue weighted by Gasteiger charge is -2.33. The van der Waals surface area contributed by atoms with Crippen molar-refractivity contribution in [1.82, 2.24) is 14.8 Å². The van der Waals surface area contributed by atoms with E-state index in [4.69, 9.17) is 5.73 Å². The third-order valence-corrected chi connectivity index (χ3v) is 8.61. The third-order valence-electron chi connectivity index (χ3n) is 7.66. The molecule has 7 nitrogen and oxygen atoms in total. The van der Waals surface area contributed by atoms with E-state index in [-0.39, 0.29) is 22.3 Å². The van der Waals surface area contributed by atoms with E-state index in [2.05, 4.69) is 14.8 Å². The zero-order valence-corrected chi connectivity index (χ0v) is 22.8. The van der Waals surface area contributed by atoms with Crippen LogP contribution >= 0.6 is 11.3 Å². The summed E-state index contributed by atoms with van der Waals surface area (Å²) in [6.45, 7) is 3.92. The molecule has 0 unspecified atom stereocenters. The van der Waals surface area contributed by atoms with E-state index in [0.717, 1.165) is 66.2 Å². The number of amides is 1. The van der Waals surface area contributed by atoms with Crippen LogP contribution in [0.5, 0.6) is 5.75 Å². The van der Waals surface area contributed by atoms with E-state index in [1.54, 1.807) is 6.07 Å². The van der Waals surface area contributed by atoms with Gasteiger partial charge in [0.05, 0.1) is 4.70 Å². The van der Waals surface area contributed by atoms with Crippen LogP contribution in [0.3, 0.4) is 0 Å². The molecule has 0 atom stereocenters. The van der Waals surface area contributed by atoms with E-state index in [1.165, 1.54) is 50.7 Å². The Morgan fingerprint density at radius 1 is 0.974 bits per heavy atom. The number of fused-ring (bicyclic) bond motifs is 1. The van der Waals surface area contributed by atoms with Gasteiger partial charge in [0.2, 0.25) is 5.91 Å². The molecular formula is C29H39FN4O3S. The number of H-pyrrole nitrogens is 1. The Morgan fingerprint density at radius 3 is 2.42 bits per heavy atom. The van der Waals surface area contributed by atoms with Gasteiger partial charge in [-0.05, 0) is 55.0 Å². The molecule has 206 valence electrons. The quantitative estimate of drug-likeness (QED) is 0.278.